The number of carbonyl (C=O) groups is 4. The Hall–Kier alpha value is -2.24. The zero-order valence-corrected chi connectivity index (χ0v) is 34.6. The minimum atomic E-state index is -0.422. The molecule has 0 aromatic rings. The third-order valence-electron chi connectivity index (χ3n) is 15.2. The number of unbranched alkanes of at least 4 members (excludes halogenated alkanes) is 5. The Morgan fingerprint density at radius 3 is 1.89 bits per heavy atom. The number of fused-ring (bicyclic) bond motifs is 5. The smallest absolute Gasteiger partial charge is 0.307 e. The fourth-order valence-electron chi connectivity index (χ4n) is 12.2. The van der Waals surface area contributed by atoms with Gasteiger partial charge in [0.15, 0.2) is 0 Å². The van der Waals surface area contributed by atoms with Gasteiger partial charge in [0.25, 0.3) is 0 Å². The molecular formula is C43H75N3O8. The molecule has 0 heterocycles. The number of nitrogens with two attached hydrogens (primary N) is 3. The van der Waals surface area contributed by atoms with E-state index >= 15 is 0 Å². The first kappa shape index (κ1) is 44.5. The number of rotatable bonds is 20. The predicted molar refractivity (Wildman–Crippen MR) is 209 cm³/mol. The van der Waals surface area contributed by atoms with Crippen LogP contribution in [0.4, 0.5) is 0 Å². The van der Waals surface area contributed by atoms with E-state index in [9.17, 15) is 19.2 Å². The van der Waals surface area contributed by atoms with Crippen molar-refractivity contribution < 1.29 is 38.1 Å². The van der Waals surface area contributed by atoms with Gasteiger partial charge in [0.05, 0.1) is 25.9 Å². The Morgan fingerprint density at radius 1 is 0.667 bits per heavy atom. The van der Waals surface area contributed by atoms with Crippen LogP contribution in [0.1, 0.15) is 157 Å². The molecule has 4 aliphatic rings. The van der Waals surface area contributed by atoms with Crippen molar-refractivity contribution in [2.75, 3.05) is 26.2 Å². The molecule has 4 aliphatic carbocycles. The van der Waals surface area contributed by atoms with Crippen molar-refractivity contribution in [2.45, 2.75) is 175 Å². The third-order valence-corrected chi connectivity index (χ3v) is 15.2. The quantitative estimate of drug-likeness (QED) is 0.0678. The van der Waals surface area contributed by atoms with E-state index in [1.165, 1.54) is 25.7 Å². The van der Waals surface area contributed by atoms with Gasteiger partial charge in [0.1, 0.15) is 18.3 Å². The number of hydrogen-bond donors (Lipinski definition) is 3. The Balaban J connectivity index is 1.63. The van der Waals surface area contributed by atoms with Crippen molar-refractivity contribution in [3.05, 3.63) is 0 Å². The van der Waals surface area contributed by atoms with Gasteiger partial charge < -0.3 is 36.1 Å². The summed E-state index contributed by atoms with van der Waals surface area (Å²) in [6.07, 6.45) is 12.7. The van der Waals surface area contributed by atoms with Crippen molar-refractivity contribution in [3.63, 3.8) is 0 Å². The van der Waals surface area contributed by atoms with Gasteiger partial charge in [0, 0.05) is 36.9 Å². The van der Waals surface area contributed by atoms with Crippen LogP contribution >= 0.6 is 0 Å². The minimum absolute atomic E-state index is 0.0554. The Bertz CT molecular complexity index is 1280. The van der Waals surface area contributed by atoms with Crippen LogP contribution in [-0.4, -0.2) is 68.4 Å². The summed E-state index contributed by atoms with van der Waals surface area (Å²) in [5, 5.41) is 0. The fourth-order valence-corrected chi connectivity index (χ4v) is 12.2. The topological polar surface area (TPSA) is 183 Å². The lowest BCUT2D eigenvalue weighted by Crippen LogP contribution is -2.70. The second-order valence-electron chi connectivity index (χ2n) is 18.4. The lowest BCUT2D eigenvalue weighted by Gasteiger charge is -2.71. The SMILES string of the molecule is CCCCCCCCOC(=O)CC[C@@H](C)[C@H]1CC[C@@H]2[C@]1(C)[C@@H](OC(=O)CCN)C[C@H]1[C@@]2(C)[C@H](OC(=O)CCN)C[C@]2(C)CC(OC(=O)CCN)CC[C@]12C. The molecule has 11 nitrogen and oxygen atoms in total. The molecule has 4 saturated carbocycles. The van der Waals surface area contributed by atoms with Crippen molar-refractivity contribution in [1.82, 2.24) is 0 Å². The lowest BCUT2D eigenvalue weighted by atomic mass is 9.34. The fraction of sp³-hybridized carbons (Fsp3) is 0.907. The summed E-state index contributed by atoms with van der Waals surface area (Å²) in [7, 11) is 0. The van der Waals surface area contributed by atoms with Crippen LogP contribution in [0.15, 0.2) is 0 Å². The van der Waals surface area contributed by atoms with E-state index in [0.29, 0.717) is 38.7 Å². The van der Waals surface area contributed by atoms with Crippen LogP contribution < -0.4 is 17.2 Å². The van der Waals surface area contributed by atoms with E-state index < -0.39 is 16.9 Å². The molecule has 4 fully saturated rings. The van der Waals surface area contributed by atoms with E-state index in [4.69, 9.17) is 36.1 Å². The van der Waals surface area contributed by atoms with Crippen LogP contribution in [-0.2, 0) is 38.1 Å². The molecule has 0 radical (unpaired) electrons. The number of hydrogen-bond acceptors (Lipinski definition) is 11. The summed E-state index contributed by atoms with van der Waals surface area (Å²) in [5.41, 5.74) is 16.0. The maximum Gasteiger partial charge on any atom is 0.307 e. The van der Waals surface area contributed by atoms with Gasteiger partial charge in [-0.25, -0.2) is 0 Å². The molecule has 4 rings (SSSR count). The summed E-state index contributed by atoms with van der Waals surface area (Å²) in [6.45, 7) is 14.9. The standard InChI is InChI=1S/C43H75N3O8/c1-7-8-9-10-11-12-25-51-36(47)16-13-29(2)31-14-15-32-42(31,5)34(53-38(49)19-23-45)26-33-41(4)21-17-30(52-37(48)18-22-44)27-40(41,3)28-35(43(32,33)6)54-39(50)20-24-46/h29-35H,7-28,44-46H2,1-6H3/t29-,30?,31-,32-,33-,34+,35-,40+,41-,42-,43+/m1/s1. The zero-order valence-electron chi connectivity index (χ0n) is 34.6. The summed E-state index contributed by atoms with van der Waals surface area (Å²) < 4.78 is 24.7. The van der Waals surface area contributed by atoms with Crippen molar-refractivity contribution >= 4 is 23.9 Å². The normalized spacial score (nSPS) is 36.2. The van der Waals surface area contributed by atoms with Gasteiger partial charge in [0.2, 0.25) is 0 Å². The monoisotopic (exact) mass is 762 g/mol. The van der Waals surface area contributed by atoms with Crippen LogP contribution in [0, 0.1) is 45.3 Å². The summed E-state index contributed by atoms with van der Waals surface area (Å²) >= 11 is 0. The zero-order chi connectivity index (χ0) is 39.7. The molecule has 0 aromatic carbocycles. The van der Waals surface area contributed by atoms with Crippen LogP contribution in [0.25, 0.3) is 0 Å². The van der Waals surface area contributed by atoms with Gasteiger partial charge in [-0.15, -0.1) is 0 Å². The molecular weight excluding hydrogens is 686 g/mol. The van der Waals surface area contributed by atoms with E-state index in [0.717, 1.165) is 38.5 Å². The molecule has 11 atom stereocenters. The average molecular weight is 762 g/mol. The molecule has 54 heavy (non-hydrogen) atoms. The highest BCUT2D eigenvalue weighted by molar-refractivity contribution is 5.71. The molecule has 1 unspecified atom stereocenters. The Kier molecular flexibility index (Phi) is 15.9. The summed E-state index contributed by atoms with van der Waals surface area (Å²) in [4.78, 5) is 52.2. The molecule has 310 valence electrons. The number of ether oxygens (including phenoxy) is 4. The molecule has 6 N–H and O–H groups in total. The Labute approximate surface area is 325 Å². The number of esters is 4. The van der Waals surface area contributed by atoms with Crippen LogP contribution in [0.3, 0.4) is 0 Å². The van der Waals surface area contributed by atoms with E-state index in [1.54, 1.807) is 0 Å². The first-order valence-corrected chi connectivity index (χ1v) is 21.5. The maximum atomic E-state index is 13.4. The van der Waals surface area contributed by atoms with Gasteiger partial charge in [-0.05, 0) is 92.3 Å². The van der Waals surface area contributed by atoms with Gasteiger partial charge in [-0.1, -0.05) is 73.6 Å². The first-order chi connectivity index (χ1) is 25.6. The van der Waals surface area contributed by atoms with Crippen molar-refractivity contribution in [3.8, 4) is 0 Å². The molecule has 0 bridgehead atoms. The predicted octanol–water partition coefficient (Wildman–Crippen LogP) is 6.75. The largest absolute Gasteiger partial charge is 0.466 e. The highest BCUT2D eigenvalue weighted by atomic mass is 16.6. The molecule has 0 aromatic heterocycles. The molecule has 0 aliphatic heterocycles. The molecule has 0 saturated heterocycles. The van der Waals surface area contributed by atoms with Crippen LogP contribution in [0.5, 0.6) is 0 Å². The average Bonchev–Trinajstić information content (AvgIpc) is 3.48. The van der Waals surface area contributed by atoms with Gasteiger partial charge in [-0.2, -0.15) is 0 Å². The number of carbonyl (C=O) groups excluding carboxylic acids is 4. The molecule has 11 heteroatoms. The summed E-state index contributed by atoms with van der Waals surface area (Å²) in [5.74, 6) is -0.500. The highest BCUT2D eigenvalue weighted by Crippen LogP contribution is 2.76. The maximum absolute atomic E-state index is 13.4. The Morgan fingerprint density at radius 2 is 1.26 bits per heavy atom. The van der Waals surface area contributed by atoms with Gasteiger partial charge >= 0.3 is 23.9 Å². The summed E-state index contributed by atoms with van der Waals surface area (Å²) in [6, 6.07) is 0. The minimum Gasteiger partial charge on any atom is -0.466 e. The van der Waals surface area contributed by atoms with Crippen molar-refractivity contribution in [1.29, 1.82) is 0 Å². The van der Waals surface area contributed by atoms with Crippen molar-refractivity contribution in [2.24, 2.45) is 62.5 Å². The van der Waals surface area contributed by atoms with E-state index in [1.807, 2.05) is 0 Å². The second kappa shape index (κ2) is 19.3. The first-order valence-electron chi connectivity index (χ1n) is 21.5. The molecule has 0 amide bonds. The van der Waals surface area contributed by atoms with E-state index in [2.05, 4.69) is 41.5 Å². The highest BCUT2D eigenvalue weighted by Gasteiger charge is 2.74. The lowest BCUT2D eigenvalue weighted by molar-refractivity contribution is -0.280. The third kappa shape index (κ3) is 9.30. The second-order valence-corrected chi connectivity index (χ2v) is 18.4. The molecule has 0 spiro atoms. The van der Waals surface area contributed by atoms with E-state index in [-0.39, 0.29) is 109 Å². The van der Waals surface area contributed by atoms with Gasteiger partial charge in [-0.3, -0.25) is 19.2 Å². The van der Waals surface area contributed by atoms with Crippen LogP contribution in [0.2, 0.25) is 0 Å².